The molecule has 8 nitrogen and oxygen atoms in total. The van der Waals surface area contributed by atoms with Crippen molar-refractivity contribution in [2.45, 2.75) is 82.4 Å². The highest BCUT2D eigenvalue weighted by molar-refractivity contribution is 5.90. The van der Waals surface area contributed by atoms with Gasteiger partial charge in [-0.3, -0.25) is 9.59 Å². The molecule has 2 aromatic rings. The molecule has 0 aromatic heterocycles. The van der Waals surface area contributed by atoms with E-state index >= 15 is 0 Å². The Morgan fingerprint density at radius 3 is 2.38 bits per heavy atom. The van der Waals surface area contributed by atoms with Crippen LogP contribution in [-0.2, 0) is 20.7 Å². The van der Waals surface area contributed by atoms with Crippen molar-refractivity contribution in [2.24, 2.45) is 5.73 Å². The van der Waals surface area contributed by atoms with Gasteiger partial charge in [-0.25, -0.2) is 0 Å². The molecule has 6 N–H and O–H groups in total. The zero-order chi connectivity index (χ0) is 28.2. The van der Waals surface area contributed by atoms with E-state index in [-0.39, 0.29) is 17.9 Å². The Labute approximate surface area is 237 Å². The van der Waals surface area contributed by atoms with E-state index in [0.29, 0.717) is 31.2 Å². The summed E-state index contributed by atoms with van der Waals surface area (Å²) in [7, 11) is 0. The van der Waals surface area contributed by atoms with Crippen LogP contribution in [-0.4, -0.2) is 48.7 Å². The molecule has 0 bridgehead atoms. The number of aliphatic hydroxyl groups excluding tert-OH is 1. The van der Waals surface area contributed by atoms with Crippen molar-refractivity contribution >= 4 is 17.5 Å². The molecule has 2 aliphatic heterocycles. The van der Waals surface area contributed by atoms with Crippen molar-refractivity contribution in [2.75, 3.05) is 25.0 Å². The number of ether oxygens (including phenoxy) is 1. The first-order valence-electron chi connectivity index (χ1n) is 14.7. The minimum absolute atomic E-state index is 0.00587. The number of hydrogen-bond donors (Lipinski definition) is 5. The molecule has 8 heteroatoms. The molecule has 5 rings (SSSR count). The van der Waals surface area contributed by atoms with Gasteiger partial charge < -0.3 is 31.5 Å². The highest BCUT2D eigenvalue weighted by Gasteiger charge is 2.28. The summed E-state index contributed by atoms with van der Waals surface area (Å²) in [6, 6.07) is 17.3. The van der Waals surface area contributed by atoms with Crippen molar-refractivity contribution in [1.29, 1.82) is 0 Å². The Hall–Kier alpha value is -3.20. The number of nitrogens with one attached hydrogen (secondary N) is 3. The normalized spacial score (nSPS) is 20.0. The number of benzene rings is 2. The second-order valence-corrected chi connectivity index (χ2v) is 10.8. The zero-order valence-electron chi connectivity index (χ0n) is 23.4. The fourth-order valence-electron chi connectivity index (χ4n) is 4.95. The summed E-state index contributed by atoms with van der Waals surface area (Å²) in [5, 5.41) is 19.9. The highest BCUT2D eigenvalue weighted by Crippen LogP contribution is 2.30. The van der Waals surface area contributed by atoms with Gasteiger partial charge in [0.15, 0.2) is 0 Å². The van der Waals surface area contributed by atoms with Gasteiger partial charge in [-0.15, -0.1) is 0 Å². The lowest BCUT2D eigenvalue weighted by atomic mass is 9.88. The van der Waals surface area contributed by atoms with Gasteiger partial charge in [0.1, 0.15) is 11.9 Å². The summed E-state index contributed by atoms with van der Waals surface area (Å²) in [4.78, 5) is 24.7. The first kappa shape index (κ1) is 29.8. The molecular weight excluding hydrogens is 504 g/mol. The van der Waals surface area contributed by atoms with Crippen LogP contribution in [0.3, 0.4) is 0 Å². The molecule has 40 heavy (non-hydrogen) atoms. The van der Waals surface area contributed by atoms with Gasteiger partial charge in [-0.05, 0) is 93.3 Å². The lowest BCUT2D eigenvalue weighted by molar-refractivity contribution is -0.123. The number of anilines is 1. The fraction of sp³-hybridized carbons (Fsp3) is 0.500. The quantitative estimate of drug-likeness (QED) is 0.149. The number of hydrogen-bond acceptors (Lipinski definition) is 6. The van der Waals surface area contributed by atoms with E-state index in [1.54, 1.807) is 0 Å². The number of aliphatic hydroxyl groups is 1. The maximum atomic E-state index is 12.6. The molecule has 1 aliphatic carbocycles. The molecule has 2 saturated heterocycles. The second kappa shape index (κ2) is 15.6. The molecular formula is C32H44N4O4. The molecule has 3 unspecified atom stereocenters. The van der Waals surface area contributed by atoms with Crippen LogP contribution >= 0.6 is 0 Å². The number of carbonyl (C=O) groups is 2. The molecule has 0 radical (unpaired) electrons. The Morgan fingerprint density at radius 1 is 1.02 bits per heavy atom. The van der Waals surface area contributed by atoms with E-state index < -0.39 is 6.04 Å². The molecule has 1 saturated carbocycles. The maximum absolute atomic E-state index is 12.6. The second-order valence-electron chi connectivity index (χ2n) is 10.8. The molecule has 2 aromatic carbocycles. The van der Waals surface area contributed by atoms with E-state index in [4.69, 9.17) is 10.5 Å². The molecule has 3 atom stereocenters. The molecule has 216 valence electrons. The predicted molar refractivity (Wildman–Crippen MR) is 158 cm³/mol. The van der Waals surface area contributed by atoms with Crippen LogP contribution in [0.4, 0.5) is 5.69 Å². The van der Waals surface area contributed by atoms with Gasteiger partial charge in [0.05, 0.1) is 18.7 Å². The van der Waals surface area contributed by atoms with Gasteiger partial charge >= 0.3 is 0 Å². The van der Waals surface area contributed by atoms with Gasteiger partial charge in [-0.2, -0.15) is 0 Å². The van der Waals surface area contributed by atoms with Crippen LogP contribution in [0.2, 0.25) is 0 Å². The van der Waals surface area contributed by atoms with Crippen LogP contribution in [0.5, 0.6) is 0 Å². The van der Waals surface area contributed by atoms with Crippen molar-refractivity contribution in [3.63, 3.8) is 0 Å². The Balaban J connectivity index is 0.000000343. The summed E-state index contributed by atoms with van der Waals surface area (Å²) in [5.41, 5.74) is 9.58. The summed E-state index contributed by atoms with van der Waals surface area (Å²) in [5.74, 6) is 0.270. The molecule has 3 fully saturated rings. The van der Waals surface area contributed by atoms with Crippen LogP contribution in [0.25, 0.3) is 0 Å². The number of allylic oxidation sites excluding steroid dienone is 1. The van der Waals surface area contributed by atoms with Gasteiger partial charge in [0.2, 0.25) is 11.8 Å². The lowest BCUT2D eigenvalue weighted by Crippen LogP contribution is -2.47. The third kappa shape index (κ3) is 9.47. The molecule has 3 aliphatic rings. The van der Waals surface area contributed by atoms with Crippen LogP contribution < -0.4 is 21.7 Å². The summed E-state index contributed by atoms with van der Waals surface area (Å²) >= 11 is 0. The minimum atomic E-state index is -0.423. The van der Waals surface area contributed by atoms with Crippen LogP contribution in [0.15, 0.2) is 65.9 Å². The van der Waals surface area contributed by atoms with Crippen molar-refractivity contribution < 1.29 is 19.4 Å². The van der Waals surface area contributed by atoms with E-state index in [1.807, 2.05) is 42.5 Å². The number of unbranched alkanes of at least 4 members (excludes halogenated alkanes) is 2. The number of rotatable bonds is 12. The van der Waals surface area contributed by atoms with E-state index in [2.05, 4.69) is 28.1 Å². The lowest BCUT2D eigenvalue weighted by Gasteiger charge is -2.26. The third-order valence-electron chi connectivity index (χ3n) is 7.63. The average molecular weight is 549 g/mol. The summed E-state index contributed by atoms with van der Waals surface area (Å²) in [6.45, 7) is 2.42. The maximum Gasteiger partial charge on any atom is 0.237 e. The first-order valence-corrected chi connectivity index (χ1v) is 14.7. The minimum Gasteiger partial charge on any atom is -0.510 e. The standard InChI is InChI=1S/C24H36N4O3.C8H8O/c25-14-3-1-2-9-22(29)27-19-12-10-17(11-13-19)16-21(23(30)18-6-4-7-18)28-24(31)20-8-5-15-26-20;1-2-4-7(5-3-1)8-6-9-8/h10-13,20-21,26,30H,1-9,14-16,25H2,(H,27,29)(H,28,31);1-5,8H,6H2. The first-order chi connectivity index (χ1) is 19.5. The van der Waals surface area contributed by atoms with Gasteiger partial charge in [0.25, 0.3) is 0 Å². The summed E-state index contributed by atoms with van der Waals surface area (Å²) in [6.07, 6.45) is 8.88. The largest absolute Gasteiger partial charge is 0.510 e. The van der Waals surface area contributed by atoms with Crippen LogP contribution in [0, 0.1) is 0 Å². The smallest absolute Gasteiger partial charge is 0.237 e. The Morgan fingerprint density at radius 2 is 1.77 bits per heavy atom. The van der Waals surface area contributed by atoms with E-state index in [0.717, 1.165) is 81.3 Å². The number of amides is 2. The predicted octanol–water partition coefficient (Wildman–Crippen LogP) is 4.68. The Bertz CT molecular complexity index is 1100. The van der Waals surface area contributed by atoms with E-state index in [1.165, 1.54) is 5.56 Å². The molecule has 2 heterocycles. The Kier molecular flexibility index (Phi) is 11.6. The molecule has 0 spiro atoms. The zero-order valence-corrected chi connectivity index (χ0v) is 23.4. The van der Waals surface area contributed by atoms with Crippen molar-refractivity contribution in [3.05, 3.63) is 77.1 Å². The number of nitrogens with two attached hydrogens (primary N) is 1. The third-order valence-corrected chi connectivity index (χ3v) is 7.63. The monoisotopic (exact) mass is 548 g/mol. The molecule has 2 amide bonds. The highest BCUT2D eigenvalue weighted by atomic mass is 16.6. The van der Waals surface area contributed by atoms with Gasteiger partial charge in [0, 0.05) is 12.1 Å². The summed E-state index contributed by atoms with van der Waals surface area (Å²) < 4.78 is 5.09. The van der Waals surface area contributed by atoms with Gasteiger partial charge in [-0.1, -0.05) is 48.9 Å². The topological polar surface area (TPSA) is 129 Å². The fourth-order valence-corrected chi connectivity index (χ4v) is 4.95. The SMILES string of the molecule is NCCCCCC(=O)Nc1ccc(CC(NC(=O)C2CCCN2)C(O)=C2CCC2)cc1.c1ccc(C2CO2)cc1. The number of epoxide rings is 1. The average Bonchev–Trinajstić information content (AvgIpc) is 3.65. The van der Waals surface area contributed by atoms with Crippen LogP contribution in [0.1, 0.15) is 75.0 Å². The van der Waals surface area contributed by atoms with E-state index in [9.17, 15) is 14.7 Å². The number of carbonyl (C=O) groups excluding carboxylic acids is 2. The van der Waals surface area contributed by atoms with Crippen molar-refractivity contribution in [1.82, 2.24) is 10.6 Å². The van der Waals surface area contributed by atoms with Crippen molar-refractivity contribution in [3.8, 4) is 0 Å².